The molecule has 0 saturated heterocycles. The number of aliphatic hydroxyl groups excluding tert-OH is 1. The lowest BCUT2D eigenvalue weighted by Gasteiger charge is -2.15. The van der Waals surface area contributed by atoms with Crippen molar-refractivity contribution in [1.82, 2.24) is 0 Å². The topological polar surface area (TPSA) is 73.9 Å². The highest BCUT2D eigenvalue weighted by Gasteiger charge is 2.08. The first-order valence-electron chi connectivity index (χ1n) is 6.78. The first-order valence-corrected chi connectivity index (χ1v) is 6.78. The largest absolute Gasteiger partial charge is 0.491 e. The molecule has 0 fully saturated rings. The van der Waals surface area contributed by atoms with Gasteiger partial charge in [-0.3, -0.25) is 0 Å². The van der Waals surface area contributed by atoms with Crippen LogP contribution in [0.5, 0.6) is 5.75 Å². The molecule has 1 unspecified atom stereocenters. The van der Waals surface area contributed by atoms with Crippen LogP contribution in [-0.2, 0) is 9.47 Å². The first-order chi connectivity index (χ1) is 9.54. The van der Waals surface area contributed by atoms with Gasteiger partial charge in [0.1, 0.15) is 18.5 Å². The van der Waals surface area contributed by atoms with Crippen molar-refractivity contribution in [3.8, 4) is 5.75 Å². The molecule has 0 aliphatic heterocycles. The van der Waals surface area contributed by atoms with Crippen molar-refractivity contribution in [1.29, 1.82) is 0 Å². The molecule has 20 heavy (non-hydrogen) atoms. The Hall–Kier alpha value is -1.14. The lowest BCUT2D eigenvalue weighted by atomic mass is 10.1. The van der Waals surface area contributed by atoms with Gasteiger partial charge in [-0.1, -0.05) is 12.1 Å². The van der Waals surface area contributed by atoms with E-state index in [1.165, 1.54) is 0 Å². The van der Waals surface area contributed by atoms with Crippen LogP contribution in [0.15, 0.2) is 18.2 Å². The maximum atomic E-state index is 9.73. The fraction of sp³-hybridized carbons (Fsp3) is 0.600. The highest BCUT2D eigenvalue weighted by Crippen LogP contribution is 2.21. The SMILES string of the molecule is COCCOCC(O)COc1ccc([C@H](C)N)cc1C. The van der Waals surface area contributed by atoms with Crippen molar-refractivity contribution in [2.75, 3.05) is 33.5 Å². The van der Waals surface area contributed by atoms with Gasteiger partial charge in [0, 0.05) is 13.2 Å². The van der Waals surface area contributed by atoms with Crippen LogP contribution >= 0.6 is 0 Å². The van der Waals surface area contributed by atoms with Crippen LogP contribution in [0.25, 0.3) is 0 Å². The molecule has 0 spiro atoms. The molecule has 0 aliphatic carbocycles. The molecule has 2 atom stereocenters. The number of ether oxygens (including phenoxy) is 3. The minimum Gasteiger partial charge on any atom is -0.491 e. The summed E-state index contributed by atoms with van der Waals surface area (Å²) in [6, 6.07) is 5.82. The van der Waals surface area contributed by atoms with E-state index < -0.39 is 6.10 Å². The highest BCUT2D eigenvalue weighted by molar-refractivity contribution is 5.37. The Bertz CT molecular complexity index is 395. The molecule has 0 heterocycles. The van der Waals surface area contributed by atoms with E-state index in [0.29, 0.717) is 13.2 Å². The van der Waals surface area contributed by atoms with Gasteiger partial charge in [-0.05, 0) is 31.0 Å². The fourth-order valence-corrected chi connectivity index (χ4v) is 1.71. The molecule has 0 bridgehead atoms. The Morgan fingerprint density at radius 2 is 2.00 bits per heavy atom. The number of benzene rings is 1. The van der Waals surface area contributed by atoms with Crippen molar-refractivity contribution in [2.45, 2.75) is 26.0 Å². The van der Waals surface area contributed by atoms with Crippen LogP contribution in [-0.4, -0.2) is 44.7 Å². The molecule has 114 valence electrons. The van der Waals surface area contributed by atoms with Crippen molar-refractivity contribution < 1.29 is 19.3 Å². The quantitative estimate of drug-likeness (QED) is 0.670. The Kier molecular flexibility index (Phi) is 7.54. The maximum absolute atomic E-state index is 9.73. The molecular formula is C15H25NO4. The molecule has 5 nitrogen and oxygen atoms in total. The molecular weight excluding hydrogens is 258 g/mol. The van der Waals surface area contributed by atoms with Gasteiger partial charge in [0.25, 0.3) is 0 Å². The van der Waals surface area contributed by atoms with E-state index in [4.69, 9.17) is 19.9 Å². The molecule has 3 N–H and O–H groups in total. The third-order valence-electron chi connectivity index (χ3n) is 2.90. The predicted molar refractivity (Wildman–Crippen MR) is 78.0 cm³/mol. The van der Waals surface area contributed by atoms with E-state index in [9.17, 15) is 5.11 Å². The van der Waals surface area contributed by atoms with Crippen molar-refractivity contribution in [2.24, 2.45) is 5.73 Å². The summed E-state index contributed by atoms with van der Waals surface area (Å²) >= 11 is 0. The molecule has 0 radical (unpaired) electrons. The van der Waals surface area contributed by atoms with Gasteiger partial charge >= 0.3 is 0 Å². The number of methoxy groups -OCH3 is 1. The van der Waals surface area contributed by atoms with Gasteiger partial charge in [-0.2, -0.15) is 0 Å². The van der Waals surface area contributed by atoms with E-state index in [2.05, 4.69) is 0 Å². The molecule has 0 aromatic heterocycles. The standard InChI is InChI=1S/C15H25NO4/c1-11-8-13(12(2)16)4-5-15(11)20-10-14(17)9-19-7-6-18-3/h4-5,8,12,14,17H,6-7,9-10,16H2,1-3H3/t12-,14?/m0/s1. The zero-order valence-corrected chi connectivity index (χ0v) is 12.5. The lowest BCUT2D eigenvalue weighted by molar-refractivity contribution is -0.00428. The van der Waals surface area contributed by atoms with Crippen LogP contribution in [0, 0.1) is 6.92 Å². The van der Waals surface area contributed by atoms with Gasteiger partial charge in [-0.15, -0.1) is 0 Å². The van der Waals surface area contributed by atoms with E-state index in [0.717, 1.165) is 16.9 Å². The third kappa shape index (κ3) is 5.88. The molecule has 1 aromatic rings. The summed E-state index contributed by atoms with van der Waals surface area (Å²) in [5.74, 6) is 0.755. The smallest absolute Gasteiger partial charge is 0.122 e. The van der Waals surface area contributed by atoms with Crippen molar-refractivity contribution >= 4 is 0 Å². The zero-order chi connectivity index (χ0) is 15.0. The van der Waals surface area contributed by atoms with Crippen LogP contribution in [0.4, 0.5) is 0 Å². The fourth-order valence-electron chi connectivity index (χ4n) is 1.71. The summed E-state index contributed by atoms with van der Waals surface area (Å²) in [5.41, 5.74) is 7.90. The number of rotatable bonds is 9. The molecule has 1 rings (SSSR count). The lowest BCUT2D eigenvalue weighted by Crippen LogP contribution is -2.24. The van der Waals surface area contributed by atoms with Gasteiger partial charge in [-0.25, -0.2) is 0 Å². The van der Waals surface area contributed by atoms with Crippen molar-refractivity contribution in [3.63, 3.8) is 0 Å². The van der Waals surface area contributed by atoms with Gasteiger partial charge in [0.2, 0.25) is 0 Å². The summed E-state index contributed by atoms with van der Waals surface area (Å²) in [6.07, 6.45) is -0.653. The van der Waals surface area contributed by atoms with Crippen LogP contribution < -0.4 is 10.5 Å². The summed E-state index contributed by atoms with van der Waals surface area (Å²) in [6.45, 7) is 5.33. The van der Waals surface area contributed by atoms with E-state index >= 15 is 0 Å². The number of nitrogens with two attached hydrogens (primary N) is 1. The van der Waals surface area contributed by atoms with Crippen molar-refractivity contribution in [3.05, 3.63) is 29.3 Å². The molecule has 0 amide bonds. The van der Waals surface area contributed by atoms with E-state index in [1.807, 2.05) is 32.0 Å². The monoisotopic (exact) mass is 283 g/mol. The first kappa shape index (κ1) is 16.9. The number of hydrogen-bond acceptors (Lipinski definition) is 5. The van der Waals surface area contributed by atoms with E-state index in [1.54, 1.807) is 7.11 Å². The van der Waals surface area contributed by atoms with Crippen LogP contribution in [0.1, 0.15) is 24.1 Å². The number of aliphatic hydroxyl groups is 1. The third-order valence-corrected chi connectivity index (χ3v) is 2.90. The summed E-state index contributed by atoms with van der Waals surface area (Å²) in [7, 11) is 1.61. The second-order valence-corrected chi connectivity index (χ2v) is 4.85. The normalized spacial score (nSPS) is 14.1. The minimum absolute atomic E-state index is 0.00234. The maximum Gasteiger partial charge on any atom is 0.122 e. The molecule has 0 aliphatic rings. The Balaban J connectivity index is 2.37. The second-order valence-electron chi connectivity index (χ2n) is 4.85. The van der Waals surface area contributed by atoms with Crippen LogP contribution in [0.2, 0.25) is 0 Å². The van der Waals surface area contributed by atoms with Gasteiger partial charge < -0.3 is 25.1 Å². The molecule has 0 saturated carbocycles. The molecule has 5 heteroatoms. The van der Waals surface area contributed by atoms with Crippen LogP contribution in [0.3, 0.4) is 0 Å². The van der Waals surface area contributed by atoms with E-state index in [-0.39, 0.29) is 19.3 Å². The minimum atomic E-state index is -0.653. The Labute approximate surface area is 120 Å². The highest BCUT2D eigenvalue weighted by atomic mass is 16.5. The second kappa shape index (κ2) is 8.92. The number of hydrogen-bond donors (Lipinski definition) is 2. The predicted octanol–water partition coefficient (Wildman–Crippen LogP) is 1.42. The average molecular weight is 283 g/mol. The van der Waals surface area contributed by atoms with Gasteiger partial charge in [0.15, 0.2) is 0 Å². The number of aryl methyl sites for hydroxylation is 1. The summed E-state index contributed by atoms with van der Waals surface area (Å²) in [5, 5.41) is 9.73. The average Bonchev–Trinajstić information content (AvgIpc) is 2.42. The van der Waals surface area contributed by atoms with Gasteiger partial charge in [0.05, 0.1) is 19.8 Å². The Morgan fingerprint density at radius 3 is 2.60 bits per heavy atom. The zero-order valence-electron chi connectivity index (χ0n) is 12.5. The molecule has 1 aromatic carbocycles. The summed E-state index contributed by atoms with van der Waals surface area (Å²) < 4.78 is 15.7. The Morgan fingerprint density at radius 1 is 1.25 bits per heavy atom. The summed E-state index contributed by atoms with van der Waals surface area (Å²) in [4.78, 5) is 0.